The summed E-state index contributed by atoms with van der Waals surface area (Å²) < 4.78 is 36.5. The molecule has 0 aromatic heterocycles. The molecule has 106 valence electrons. The summed E-state index contributed by atoms with van der Waals surface area (Å²) in [4.78, 5) is 0.267. The quantitative estimate of drug-likeness (QED) is 0.842. The molecular formula is C14H13F3N2S. The van der Waals surface area contributed by atoms with Crippen molar-refractivity contribution in [3.63, 3.8) is 0 Å². The van der Waals surface area contributed by atoms with Gasteiger partial charge in [-0.1, -0.05) is 36.5 Å². The molecule has 2 nitrogen and oxygen atoms in total. The van der Waals surface area contributed by atoms with Gasteiger partial charge in [-0.25, -0.2) is 0 Å². The van der Waals surface area contributed by atoms with Crippen LogP contribution in [-0.4, -0.2) is 17.7 Å². The van der Waals surface area contributed by atoms with Crippen LogP contribution in [0.4, 0.5) is 18.9 Å². The van der Waals surface area contributed by atoms with Crippen LogP contribution < -0.4 is 11.1 Å². The van der Waals surface area contributed by atoms with Crippen molar-refractivity contribution in [3.05, 3.63) is 42.0 Å². The van der Waals surface area contributed by atoms with Gasteiger partial charge in [-0.3, -0.25) is 0 Å². The van der Waals surface area contributed by atoms with Gasteiger partial charge in [0.2, 0.25) is 0 Å². The second-order valence-electron chi connectivity index (χ2n) is 4.36. The zero-order valence-electron chi connectivity index (χ0n) is 10.5. The molecule has 0 unspecified atom stereocenters. The van der Waals surface area contributed by atoms with E-state index in [9.17, 15) is 13.2 Å². The lowest BCUT2D eigenvalue weighted by atomic mass is 10.0. The second-order valence-corrected chi connectivity index (χ2v) is 4.80. The van der Waals surface area contributed by atoms with E-state index in [0.29, 0.717) is 5.69 Å². The van der Waals surface area contributed by atoms with E-state index in [-0.39, 0.29) is 11.5 Å². The van der Waals surface area contributed by atoms with Gasteiger partial charge in [-0.2, -0.15) is 13.2 Å². The SMILES string of the molecule is NC(=S)c1ccc(NCCC(F)(F)F)c2ccccc12. The molecule has 0 aliphatic carbocycles. The third-order valence-corrected chi connectivity index (χ3v) is 3.13. The van der Waals surface area contributed by atoms with Crippen molar-refractivity contribution in [2.45, 2.75) is 12.6 Å². The summed E-state index contributed by atoms with van der Waals surface area (Å²) in [6.07, 6.45) is -5.04. The maximum Gasteiger partial charge on any atom is 0.390 e. The van der Waals surface area contributed by atoms with E-state index < -0.39 is 12.6 Å². The van der Waals surface area contributed by atoms with Gasteiger partial charge in [0.15, 0.2) is 0 Å². The molecule has 0 bridgehead atoms. The van der Waals surface area contributed by atoms with Crippen molar-refractivity contribution in [1.29, 1.82) is 0 Å². The highest BCUT2D eigenvalue weighted by Crippen LogP contribution is 2.27. The number of benzene rings is 2. The Labute approximate surface area is 119 Å². The Hall–Kier alpha value is -1.82. The number of halogens is 3. The van der Waals surface area contributed by atoms with Crippen LogP contribution in [0.1, 0.15) is 12.0 Å². The minimum Gasteiger partial charge on any atom is -0.389 e. The molecule has 0 saturated carbocycles. The lowest BCUT2D eigenvalue weighted by Crippen LogP contribution is -2.15. The third kappa shape index (κ3) is 3.39. The molecule has 2 aromatic carbocycles. The Balaban J connectivity index is 2.31. The highest BCUT2D eigenvalue weighted by molar-refractivity contribution is 7.80. The first-order valence-electron chi connectivity index (χ1n) is 6.00. The summed E-state index contributed by atoms with van der Waals surface area (Å²) in [5.41, 5.74) is 7.01. The van der Waals surface area contributed by atoms with Crippen LogP contribution in [0.25, 0.3) is 10.8 Å². The Morgan fingerprint density at radius 1 is 1.10 bits per heavy atom. The summed E-state index contributed by atoms with van der Waals surface area (Å²) in [7, 11) is 0. The predicted molar refractivity (Wildman–Crippen MR) is 79.0 cm³/mol. The van der Waals surface area contributed by atoms with Gasteiger partial charge in [0, 0.05) is 23.2 Å². The fraction of sp³-hybridized carbons (Fsp3) is 0.214. The zero-order chi connectivity index (χ0) is 14.8. The van der Waals surface area contributed by atoms with E-state index in [1.807, 2.05) is 24.3 Å². The van der Waals surface area contributed by atoms with Crippen molar-refractivity contribution in [2.24, 2.45) is 5.73 Å². The zero-order valence-corrected chi connectivity index (χ0v) is 11.3. The molecule has 2 rings (SSSR count). The highest BCUT2D eigenvalue weighted by atomic mass is 32.1. The molecule has 0 spiro atoms. The average Bonchev–Trinajstić information content (AvgIpc) is 2.37. The van der Waals surface area contributed by atoms with Crippen LogP contribution in [0.2, 0.25) is 0 Å². The first-order valence-corrected chi connectivity index (χ1v) is 6.41. The first kappa shape index (κ1) is 14.6. The van der Waals surface area contributed by atoms with Crippen molar-refractivity contribution in [2.75, 3.05) is 11.9 Å². The Morgan fingerprint density at radius 2 is 1.75 bits per heavy atom. The van der Waals surface area contributed by atoms with Gasteiger partial charge in [-0.05, 0) is 17.5 Å². The van der Waals surface area contributed by atoms with E-state index in [1.165, 1.54) is 0 Å². The Morgan fingerprint density at radius 3 is 2.35 bits per heavy atom. The number of hydrogen-bond acceptors (Lipinski definition) is 2. The molecule has 0 amide bonds. The number of anilines is 1. The second kappa shape index (κ2) is 5.66. The summed E-state index contributed by atoms with van der Waals surface area (Å²) >= 11 is 4.98. The molecule has 6 heteroatoms. The standard InChI is InChI=1S/C14H13F3N2S/c15-14(16,17)7-8-19-12-6-5-11(13(18)20)9-3-1-2-4-10(9)12/h1-6,19H,7-8H2,(H2,18,20). The highest BCUT2D eigenvalue weighted by Gasteiger charge is 2.26. The number of rotatable bonds is 4. The van der Waals surface area contributed by atoms with E-state index in [0.717, 1.165) is 16.3 Å². The molecule has 2 aromatic rings. The molecule has 0 atom stereocenters. The minimum absolute atomic E-state index is 0.167. The van der Waals surface area contributed by atoms with Crippen LogP contribution in [-0.2, 0) is 0 Å². The average molecular weight is 298 g/mol. The number of fused-ring (bicyclic) bond motifs is 1. The largest absolute Gasteiger partial charge is 0.390 e. The van der Waals surface area contributed by atoms with Crippen molar-refractivity contribution < 1.29 is 13.2 Å². The van der Waals surface area contributed by atoms with E-state index in [4.69, 9.17) is 18.0 Å². The summed E-state index contributed by atoms with van der Waals surface area (Å²) in [6, 6.07) is 10.8. The topological polar surface area (TPSA) is 38.0 Å². The normalized spacial score (nSPS) is 11.6. The Bertz CT molecular complexity index is 638. The lowest BCUT2D eigenvalue weighted by molar-refractivity contribution is -0.131. The molecule has 0 aliphatic heterocycles. The number of nitrogens with two attached hydrogens (primary N) is 1. The van der Waals surface area contributed by atoms with Crippen molar-refractivity contribution in [1.82, 2.24) is 0 Å². The predicted octanol–water partition coefficient (Wildman–Crippen LogP) is 3.84. The first-order chi connectivity index (χ1) is 9.38. The van der Waals surface area contributed by atoms with Crippen LogP contribution in [0.5, 0.6) is 0 Å². The number of alkyl halides is 3. The number of nitrogens with one attached hydrogen (secondary N) is 1. The minimum atomic E-state index is -4.17. The van der Waals surface area contributed by atoms with Crippen molar-refractivity contribution >= 4 is 33.7 Å². The van der Waals surface area contributed by atoms with Gasteiger partial charge in [0.25, 0.3) is 0 Å². The molecule has 20 heavy (non-hydrogen) atoms. The van der Waals surface area contributed by atoms with Crippen LogP contribution in [0.15, 0.2) is 36.4 Å². The molecule has 0 saturated heterocycles. The van der Waals surface area contributed by atoms with Gasteiger partial charge < -0.3 is 11.1 Å². The lowest BCUT2D eigenvalue weighted by Gasteiger charge is -2.13. The number of thiocarbonyl (C=S) groups is 1. The molecule has 3 N–H and O–H groups in total. The van der Waals surface area contributed by atoms with Gasteiger partial charge in [0.1, 0.15) is 4.99 Å². The monoisotopic (exact) mass is 298 g/mol. The summed E-state index contributed by atoms with van der Waals surface area (Å²) in [6.45, 7) is -0.167. The van der Waals surface area contributed by atoms with E-state index in [2.05, 4.69) is 5.32 Å². The van der Waals surface area contributed by atoms with Gasteiger partial charge >= 0.3 is 6.18 Å². The molecule has 0 fully saturated rings. The molecule has 0 heterocycles. The van der Waals surface area contributed by atoms with Crippen LogP contribution in [0.3, 0.4) is 0 Å². The smallest absolute Gasteiger partial charge is 0.389 e. The fourth-order valence-corrected chi connectivity index (χ4v) is 2.18. The van der Waals surface area contributed by atoms with E-state index >= 15 is 0 Å². The van der Waals surface area contributed by atoms with Crippen LogP contribution >= 0.6 is 12.2 Å². The number of hydrogen-bond donors (Lipinski definition) is 2. The van der Waals surface area contributed by atoms with Gasteiger partial charge in [0.05, 0.1) is 6.42 Å². The summed E-state index contributed by atoms with van der Waals surface area (Å²) in [5.74, 6) is 0. The Kier molecular flexibility index (Phi) is 4.13. The fourth-order valence-electron chi connectivity index (χ4n) is 2.01. The molecule has 0 radical (unpaired) electrons. The van der Waals surface area contributed by atoms with Gasteiger partial charge in [-0.15, -0.1) is 0 Å². The third-order valence-electron chi connectivity index (χ3n) is 2.91. The van der Waals surface area contributed by atoms with E-state index in [1.54, 1.807) is 12.1 Å². The summed E-state index contributed by atoms with van der Waals surface area (Å²) in [5, 5.41) is 4.44. The van der Waals surface area contributed by atoms with Crippen LogP contribution in [0, 0.1) is 0 Å². The maximum atomic E-state index is 12.2. The molecular weight excluding hydrogens is 285 g/mol. The van der Waals surface area contributed by atoms with Crippen molar-refractivity contribution in [3.8, 4) is 0 Å². The molecule has 0 aliphatic rings. The maximum absolute atomic E-state index is 12.2.